The Bertz CT molecular complexity index is 909. The molecule has 2 heterocycles. The summed E-state index contributed by atoms with van der Waals surface area (Å²) in [4.78, 5) is 30.2. The van der Waals surface area contributed by atoms with Crippen molar-refractivity contribution >= 4 is 17.5 Å². The number of likely N-dealkylation sites (tertiary alicyclic amines) is 2. The van der Waals surface area contributed by atoms with Gasteiger partial charge in [-0.25, -0.2) is 4.39 Å². The fourth-order valence-electron chi connectivity index (χ4n) is 4.54. The molecule has 4 rings (SSSR count). The zero-order valence-corrected chi connectivity index (χ0v) is 17.9. The highest BCUT2D eigenvalue weighted by Gasteiger charge is 2.27. The number of piperidine rings is 2. The molecule has 1 unspecified atom stereocenters. The fraction of sp³-hybridized carbons (Fsp3) is 0.440. The molecule has 5 nitrogen and oxygen atoms in total. The van der Waals surface area contributed by atoms with E-state index in [1.165, 1.54) is 12.1 Å². The van der Waals surface area contributed by atoms with Crippen molar-refractivity contribution < 1.29 is 14.0 Å². The third kappa shape index (κ3) is 5.50. The van der Waals surface area contributed by atoms with Crippen LogP contribution in [0.2, 0.25) is 0 Å². The standard InChI is InChI=1S/C25H30FN3O2/c26-21-12-10-19(11-13-21)17-28-14-6-7-20(18-28)24(30)27-23-9-3-2-8-22(23)25(31)29-15-4-1-5-16-29/h2-3,8-13,20H,1,4-7,14-18H2,(H,27,30). The van der Waals surface area contributed by atoms with Crippen LogP contribution in [-0.4, -0.2) is 47.8 Å². The maximum Gasteiger partial charge on any atom is 0.255 e. The van der Waals surface area contributed by atoms with Crippen LogP contribution in [0.15, 0.2) is 48.5 Å². The van der Waals surface area contributed by atoms with Crippen molar-refractivity contribution in [2.75, 3.05) is 31.5 Å². The molecule has 31 heavy (non-hydrogen) atoms. The summed E-state index contributed by atoms with van der Waals surface area (Å²) >= 11 is 0. The minimum Gasteiger partial charge on any atom is -0.339 e. The van der Waals surface area contributed by atoms with E-state index in [0.717, 1.165) is 57.3 Å². The van der Waals surface area contributed by atoms with E-state index < -0.39 is 0 Å². The number of nitrogens with zero attached hydrogens (tertiary/aromatic N) is 2. The lowest BCUT2D eigenvalue weighted by Gasteiger charge is -2.32. The largest absolute Gasteiger partial charge is 0.339 e. The van der Waals surface area contributed by atoms with E-state index in [-0.39, 0.29) is 23.5 Å². The predicted octanol–water partition coefficient (Wildman–Crippen LogP) is 4.30. The van der Waals surface area contributed by atoms with Gasteiger partial charge in [-0.15, -0.1) is 0 Å². The van der Waals surface area contributed by atoms with Crippen molar-refractivity contribution in [1.82, 2.24) is 9.80 Å². The third-order valence-electron chi connectivity index (χ3n) is 6.25. The van der Waals surface area contributed by atoms with E-state index in [4.69, 9.17) is 0 Å². The van der Waals surface area contributed by atoms with Crippen molar-refractivity contribution in [2.45, 2.75) is 38.6 Å². The molecule has 2 aromatic carbocycles. The first-order chi connectivity index (χ1) is 15.1. The molecule has 0 spiro atoms. The summed E-state index contributed by atoms with van der Waals surface area (Å²) in [6.07, 6.45) is 5.00. The van der Waals surface area contributed by atoms with Crippen LogP contribution in [0.1, 0.15) is 48.0 Å². The molecule has 2 saturated heterocycles. The predicted molar refractivity (Wildman–Crippen MR) is 119 cm³/mol. The summed E-state index contributed by atoms with van der Waals surface area (Å²) in [6, 6.07) is 13.8. The molecule has 0 bridgehead atoms. The van der Waals surface area contributed by atoms with Gasteiger partial charge in [-0.3, -0.25) is 14.5 Å². The zero-order valence-electron chi connectivity index (χ0n) is 17.9. The van der Waals surface area contributed by atoms with Gasteiger partial charge in [0, 0.05) is 26.2 Å². The average Bonchev–Trinajstić information content (AvgIpc) is 2.81. The van der Waals surface area contributed by atoms with Gasteiger partial charge in [-0.05, 0) is 68.5 Å². The fourth-order valence-corrected chi connectivity index (χ4v) is 4.54. The second-order valence-electron chi connectivity index (χ2n) is 8.59. The molecule has 2 aromatic rings. The van der Waals surface area contributed by atoms with Crippen molar-refractivity contribution in [3.63, 3.8) is 0 Å². The van der Waals surface area contributed by atoms with Gasteiger partial charge < -0.3 is 10.2 Å². The van der Waals surface area contributed by atoms with Gasteiger partial charge in [0.1, 0.15) is 5.82 Å². The van der Waals surface area contributed by atoms with Crippen LogP contribution in [0.5, 0.6) is 0 Å². The van der Waals surface area contributed by atoms with Gasteiger partial charge in [-0.1, -0.05) is 24.3 Å². The van der Waals surface area contributed by atoms with E-state index in [2.05, 4.69) is 10.2 Å². The van der Waals surface area contributed by atoms with Crippen LogP contribution in [0.3, 0.4) is 0 Å². The number of nitrogens with one attached hydrogen (secondary N) is 1. The molecule has 2 aliphatic heterocycles. The Labute approximate surface area is 183 Å². The molecule has 0 aliphatic carbocycles. The molecule has 6 heteroatoms. The van der Waals surface area contributed by atoms with Crippen LogP contribution in [0, 0.1) is 11.7 Å². The Morgan fingerprint density at radius 1 is 0.935 bits per heavy atom. The van der Waals surface area contributed by atoms with Gasteiger partial charge in [0.15, 0.2) is 0 Å². The topological polar surface area (TPSA) is 52.7 Å². The van der Waals surface area contributed by atoms with Gasteiger partial charge in [0.25, 0.3) is 5.91 Å². The lowest BCUT2D eigenvalue weighted by atomic mass is 9.96. The summed E-state index contributed by atoms with van der Waals surface area (Å²) in [7, 11) is 0. The summed E-state index contributed by atoms with van der Waals surface area (Å²) in [5, 5.41) is 3.03. The molecule has 0 radical (unpaired) electrons. The Morgan fingerprint density at radius 2 is 1.68 bits per heavy atom. The smallest absolute Gasteiger partial charge is 0.255 e. The van der Waals surface area contributed by atoms with Crippen molar-refractivity contribution in [3.8, 4) is 0 Å². The highest BCUT2D eigenvalue weighted by molar-refractivity contribution is 6.04. The normalized spacial score (nSPS) is 19.8. The average molecular weight is 424 g/mol. The Morgan fingerprint density at radius 3 is 2.45 bits per heavy atom. The summed E-state index contributed by atoms with van der Waals surface area (Å²) < 4.78 is 13.2. The van der Waals surface area contributed by atoms with Crippen molar-refractivity contribution in [2.24, 2.45) is 5.92 Å². The molecule has 1 N–H and O–H groups in total. The van der Waals surface area contributed by atoms with E-state index in [0.29, 0.717) is 24.3 Å². The van der Waals surface area contributed by atoms with E-state index in [9.17, 15) is 14.0 Å². The molecule has 0 aromatic heterocycles. The summed E-state index contributed by atoms with van der Waals surface area (Å²) in [5.74, 6) is -0.412. The summed E-state index contributed by atoms with van der Waals surface area (Å²) in [6.45, 7) is 3.84. The molecular weight excluding hydrogens is 393 g/mol. The summed E-state index contributed by atoms with van der Waals surface area (Å²) in [5.41, 5.74) is 2.20. The first kappa shape index (κ1) is 21.5. The monoisotopic (exact) mass is 423 g/mol. The van der Waals surface area contributed by atoms with Crippen molar-refractivity contribution in [1.29, 1.82) is 0 Å². The zero-order chi connectivity index (χ0) is 21.6. The number of rotatable bonds is 5. The maximum absolute atomic E-state index is 13.2. The SMILES string of the molecule is O=C(Nc1ccccc1C(=O)N1CCCCC1)C1CCCN(Cc2ccc(F)cc2)C1. The van der Waals surface area contributed by atoms with E-state index in [1.807, 2.05) is 23.1 Å². The Kier molecular flexibility index (Phi) is 6.97. The minimum atomic E-state index is -0.239. The number of carbonyl (C=O) groups excluding carboxylic acids is 2. The number of carbonyl (C=O) groups is 2. The second-order valence-corrected chi connectivity index (χ2v) is 8.59. The minimum absolute atomic E-state index is 0.00261. The Balaban J connectivity index is 1.39. The molecule has 0 saturated carbocycles. The molecular formula is C25H30FN3O2. The van der Waals surface area contributed by atoms with Crippen molar-refractivity contribution in [3.05, 3.63) is 65.5 Å². The number of hydrogen-bond donors (Lipinski definition) is 1. The highest BCUT2D eigenvalue weighted by Crippen LogP contribution is 2.24. The number of para-hydroxylation sites is 1. The number of amides is 2. The third-order valence-corrected chi connectivity index (χ3v) is 6.25. The molecule has 2 amide bonds. The van der Waals surface area contributed by atoms with Crippen LogP contribution in [0.4, 0.5) is 10.1 Å². The lowest BCUT2D eigenvalue weighted by Crippen LogP contribution is -2.40. The van der Waals surface area contributed by atoms with E-state index >= 15 is 0 Å². The molecule has 2 fully saturated rings. The molecule has 2 aliphatic rings. The number of benzene rings is 2. The van der Waals surface area contributed by atoms with Gasteiger partial charge in [0.05, 0.1) is 17.2 Å². The number of anilines is 1. The van der Waals surface area contributed by atoms with Gasteiger partial charge >= 0.3 is 0 Å². The number of hydrogen-bond acceptors (Lipinski definition) is 3. The van der Waals surface area contributed by atoms with Gasteiger partial charge in [-0.2, -0.15) is 0 Å². The Hall–Kier alpha value is -2.73. The van der Waals surface area contributed by atoms with Crippen LogP contribution >= 0.6 is 0 Å². The first-order valence-corrected chi connectivity index (χ1v) is 11.3. The lowest BCUT2D eigenvalue weighted by molar-refractivity contribution is -0.121. The highest BCUT2D eigenvalue weighted by atomic mass is 19.1. The number of halogens is 1. The first-order valence-electron chi connectivity index (χ1n) is 11.3. The van der Waals surface area contributed by atoms with Crippen LogP contribution in [0.25, 0.3) is 0 Å². The maximum atomic E-state index is 13.2. The van der Waals surface area contributed by atoms with Crippen LogP contribution < -0.4 is 5.32 Å². The quantitative estimate of drug-likeness (QED) is 0.780. The molecule has 1 atom stereocenters. The van der Waals surface area contributed by atoms with E-state index in [1.54, 1.807) is 18.2 Å². The van der Waals surface area contributed by atoms with Crippen LogP contribution in [-0.2, 0) is 11.3 Å². The molecule has 164 valence electrons. The second kappa shape index (κ2) is 10.1. The van der Waals surface area contributed by atoms with Gasteiger partial charge in [0.2, 0.25) is 5.91 Å².